The van der Waals surface area contributed by atoms with Crippen molar-refractivity contribution in [1.82, 2.24) is 8.61 Å². The number of sulfonamides is 2. The number of rotatable bonds is 4. The summed E-state index contributed by atoms with van der Waals surface area (Å²) in [6.45, 7) is 1.97. The van der Waals surface area contributed by atoms with Gasteiger partial charge < -0.3 is 0 Å². The topological polar surface area (TPSA) is 74.8 Å². The number of aryl methyl sites for hydroxylation is 1. The third kappa shape index (κ3) is 4.01. The van der Waals surface area contributed by atoms with Gasteiger partial charge in [0.2, 0.25) is 20.0 Å². The molecule has 1 aliphatic heterocycles. The van der Waals surface area contributed by atoms with E-state index in [9.17, 15) is 16.8 Å². The van der Waals surface area contributed by atoms with Gasteiger partial charge in [-0.1, -0.05) is 41.4 Å². The smallest absolute Gasteiger partial charge is 0.207 e. The van der Waals surface area contributed by atoms with Crippen LogP contribution in [0.4, 0.5) is 0 Å². The third-order valence-electron chi connectivity index (χ3n) is 4.36. The zero-order chi connectivity index (χ0) is 19.8. The quantitative estimate of drug-likeness (QED) is 0.720. The molecule has 0 aliphatic carbocycles. The molecule has 0 atom stereocenters. The molecule has 0 amide bonds. The van der Waals surface area contributed by atoms with E-state index in [2.05, 4.69) is 0 Å². The summed E-state index contributed by atoms with van der Waals surface area (Å²) in [5.41, 5.74) is 0.856. The van der Waals surface area contributed by atoms with Gasteiger partial charge in [-0.05, 0) is 36.8 Å². The van der Waals surface area contributed by atoms with E-state index in [-0.39, 0.29) is 46.0 Å². The molecule has 1 aliphatic rings. The lowest BCUT2D eigenvalue weighted by Gasteiger charge is -2.33. The van der Waals surface area contributed by atoms with Crippen molar-refractivity contribution in [1.29, 1.82) is 0 Å². The first-order valence-corrected chi connectivity index (χ1v) is 11.8. The van der Waals surface area contributed by atoms with Gasteiger partial charge in [0.25, 0.3) is 0 Å². The van der Waals surface area contributed by atoms with Crippen molar-refractivity contribution in [3.63, 3.8) is 0 Å². The molecule has 0 N–H and O–H groups in total. The summed E-state index contributed by atoms with van der Waals surface area (Å²) >= 11 is 12.1. The summed E-state index contributed by atoms with van der Waals surface area (Å²) in [5, 5.41) is 0.292. The average Bonchev–Trinajstić information content (AvgIpc) is 2.61. The normalized spacial score (nSPS) is 17.1. The fourth-order valence-electron chi connectivity index (χ4n) is 2.90. The highest BCUT2D eigenvalue weighted by molar-refractivity contribution is 7.89. The van der Waals surface area contributed by atoms with Crippen LogP contribution >= 0.6 is 23.2 Å². The lowest BCUT2D eigenvalue weighted by Crippen LogP contribution is -2.50. The molecule has 0 bridgehead atoms. The fourth-order valence-corrected chi connectivity index (χ4v) is 6.81. The molecule has 146 valence electrons. The van der Waals surface area contributed by atoms with Gasteiger partial charge >= 0.3 is 0 Å². The van der Waals surface area contributed by atoms with Crippen molar-refractivity contribution in [2.75, 3.05) is 26.2 Å². The molecule has 0 spiro atoms. The van der Waals surface area contributed by atoms with Gasteiger partial charge in [0, 0.05) is 26.2 Å². The van der Waals surface area contributed by atoms with Crippen LogP contribution < -0.4 is 0 Å². The first-order valence-electron chi connectivity index (χ1n) is 8.15. The Morgan fingerprint density at radius 1 is 0.741 bits per heavy atom. The second kappa shape index (κ2) is 7.69. The predicted molar refractivity (Wildman–Crippen MR) is 105 cm³/mol. The minimum Gasteiger partial charge on any atom is -0.207 e. The number of piperazine rings is 1. The Bertz CT molecular complexity index is 1060. The highest BCUT2D eigenvalue weighted by atomic mass is 35.5. The third-order valence-corrected chi connectivity index (χ3v) is 9.14. The Morgan fingerprint density at radius 3 is 1.70 bits per heavy atom. The van der Waals surface area contributed by atoms with Gasteiger partial charge in [0.05, 0.1) is 10.0 Å². The maximum atomic E-state index is 12.9. The van der Waals surface area contributed by atoms with E-state index in [1.54, 1.807) is 24.3 Å². The molecule has 0 saturated carbocycles. The van der Waals surface area contributed by atoms with Gasteiger partial charge in [0.1, 0.15) is 9.79 Å². The number of hydrogen-bond acceptors (Lipinski definition) is 4. The second-order valence-corrected chi connectivity index (χ2v) is 10.8. The van der Waals surface area contributed by atoms with E-state index >= 15 is 0 Å². The molecule has 0 radical (unpaired) electrons. The van der Waals surface area contributed by atoms with E-state index in [0.29, 0.717) is 0 Å². The maximum absolute atomic E-state index is 12.9. The highest BCUT2D eigenvalue weighted by Gasteiger charge is 2.35. The predicted octanol–water partition coefficient (Wildman–Crippen LogP) is 3.00. The van der Waals surface area contributed by atoms with Gasteiger partial charge in [-0.15, -0.1) is 0 Å². The molecule has 27 heavy (non-hydrogen) atoms. The number of hydrogen-bond donors (Lipinski definition) is 0. The zero-order valence-electron chi connectivity index (χ0n) is 14.5. The summed E-state index contributed by atoms with van der Waals surface area (Å²) < 4.78 is 53.8. The zero-order valence-corrected chi connectivity index (χ0v) is 17.6. The monoisotopic (exact) mass is 448 g/mol. The van der Waals surface area contributed by atoms with Gasteiger partial charge in [0.15, 0.2) is 0 Å². The molecule has 3 rings (SSSR count). The van der Waals surface area contributed by atoms with Crippen LogP contribution in [0, 0.1) is 6.92 Å². The standard InChI is InChI=1S/C17H18Cl2N2O4S2/c1-13-6-7-17(15(19)12-13)27(24,25)21-10-8-20(9-11-21)26(22,23)16-5-3-2-4-14(16)18/h2-7,12H,8-11H2,1H3. The summed E-state index contributed by atoms with van der Waals surface area (Å²) in [6, 6.07) is 10.9. The van der Waals surface area contributed by atoms with Crippen LogP contribution in [-0.2, 0) is 20.0 Å². The van der Waals surface area contributed by atoms with E-state index < -0.39 is 20.0 Å². The number of halogens is 2. The number of benzene rings is 2. The second-order valence-electron chi connectivity index (χ2n) is 6.17. The minimum absolute atomic E-state index is 0.0181. The molecule has 6 nitrogen and oxygen atoms in total. The van der Waals surface area contributed by atoms with Crippen molar-refractivity contribution < 1.29 is 16.8 Å². The molecule has 2 aromatic rings. The lowest BCUT2D eigenvalue weighted by molar-refractivity contribution is 0.273. The molecule has 1 saturated heterocycles. The van der Waals surface area contributed by atoms with Crippen molar-refractivity contribution >= 4 is 43.2 Å². The van der Waals surface area contributed by atoms with Crippen LogP contribution in [-0.4, -0.2) is 51.6 Å². The van der Waals surface area contributed by atoms with Gasteiger partial charge in [-0.2, -0.15) is 8.61 Å². The van der Waals surface area contributed by atoms with Crippen LogP contribution in [0.25, 0.3) is 0 Å². The average molecular weight is 449 g/mol. The van der Waals surface area contributed by atoms with Gasteiger partial charge in [-0.3, -0.25) is 0 Å². The molecule has 1 heterocycles. The van der Waals surface area contributed by atoms with Crippen LogP contribution in [0.5, 0.6) is 0 Å². The van der Waals surface area contributed by atoms with Crippen LogP contribution in [0.2, 0.25) is 10.0 Å². The molecule has 10 heteroatoms. The molecule has 2 aromatic carbocycles. The molecule has 0 unspecified atom stereocenters. The first-order chi connectivity index (χ1) is 12.6. The summed E-state index contributed by atoms with van der Waals surface area (Å²) in [6.07, 6.45) is 0. The van der Waals surface area contributed by atoms with Crippen molar-refractivity contribution in [3.8, 4) is 0 Å². The SMILES string of the molecule is Cc1ccc(S(=O)(=O)N2CCN(S(=O)(=O)c3ccccc3Cl)CC2)c(Cl)c1. The van der Waals surface area contributed by atoms with Crippen LogP contribution in [0.3, 0.4) is 0 Å². The fraction of sp³-hybridized carbons (Fsp3) is 0.294. The molecular formula is C17H18Cl2N2O4S2. The van der Waals surface area contributed by atoms with Gasteiger partial charge in [-0.25, -0.2) is 16.8 Å². The molecular weight excluding hydrogens is 431 g/mol. The largest absolute Gasteiger partial charge is 0.244 e. The van der Waals surface area contributed by atoms with Crippen LogP contribution in [0.1, 0.15) is 5.56 Å². The molecule has 1 fully saturated rings. The van der Waals surface area contributed by atoms with E-state index in [4.69, 9.17) is 23.2 Å². The Hall–Kier alpha value is -1.16. The highest BCUT2D eigenvalue weighted by Crippen LogP contribution is 2.28. The van der Waals surface area contributed by atoms with Crippen molar-refractivity contribution in [2.45, 2.75) is 16.7 Å². The van der Waals surface area contributed by atoms with Crippen molar-refractivity contribution in [3.05, 3.63) is 58.1 Å². The minimum atomic E-state index is -3.80. The van der Waals surface area contributed by atoms with E-state index in [1.165, 1.54) is 26.8 Å². The maximum Gasteiger partial charge on any atom is 0.244 e. The summed E-state index contributed by atoms with van der Waals surface area (Å²) in [7, 11) is -7.58. The Balaban J connectivity index is 1.80. The summed E-state index contributed by atoms with van der Waals surface area (Å²) in [5.74, 6) is 0. The Morgan fingerprint density at radius 2 is 1.22 bits per heavy atom. The first kappa shape index (κ1) is 20.6. The Labute approximate surface area is 169 Å². The van der Waals surface area contributed by atoms with Crippen molar-refractivity contribution in [2.24, 2.45) is 0 Å². The number of nitrogens with zero attached hydrogens (tertiary/aromatic N) is 2. The molecule has 0 aromatic heterocycles. The van der Waals surface area contributed by atoms with E-state index in [1.807, 2.05) is 6.92 Å². The Kier molecular flexibility index (Phi) is 5.86. The van der Waals surface area contributed by atoms with E-state index in [0.717, 1.165) is 5.56 Å². The van der Waals surface area contributed by atoms with Crippen LogP contribution in [0.15, 0.2) is 52.3 Å². The lowest BCUT2D eigenvalue weighted by atomic mass is 10.2. The summed E-state index contributed by atoms with van der Waals surface area (Å²) in [4.78, 5) is 0.0433.